The number of thiazole rings is 1. The van der Waals surface area contributed by atoms with Crippen LogP contribution in [0.4, 0.5) is 0 Å². The van der Waals surface area contributed by atoms with E-state index >= 15 is 0 Å². The van der Waals surface area contributed by atoms with Crippen LogP contribution in [-0.4, -0.2) is 24.0 Å². The third kappa shape index (κ3) is 4.93. The van der Waals surface area contributed by atoms with Gasteiger partial charge in [-0.2, -0.15) is 0 Å². The topological polar surface area (TPSA) is 64.4 Å². The first-order valence-corrected chi connectivity index (χ1v) is 8.94. The van der Waals surface area contributed by atoms with E-state index in [4.69, 9.17) is 9.15 Å². The van der Waals surface area contributed by atoms with Gasteiger partial charge in [-0.05, 0) is 49.2 Å². The van der Waals surface area contributed by atoms with Crippen LogP contribution < -0.4 is 10.1 Å². The quantitative estimate of drug-likeness (QED) is 0.655. The summed E-state index contributed by atoms with van der Waals surface area (Å²) < 4.78 is 11.0. The maximum atomic E-state index is 12.0. The van der Waals surface area contributed by atoms with E-state index in [1.54, 1.807) is 6.26 Å². The number of aromatic nitrogens is 1. The van der Waals surface area contributed by atoms with Gasteiger partial charge in [0.2, 0.25) is 5.91 Å². The molecule has 130 valence electrons. The van der Waals surface area contributed by atoms with Gasteiger partial charge in [0.15, 0.2) is 10.8 Å². The van der Waals surface area contributed by atoms with Gasteiger partial charge in [0.05, 0.1) is 24.9 Å². The van der Waals surface area contributed by atoms with Crippen LogP contribution in [0.15, 0.2) is 46.4 Å². The molecule has 0 aliphatic heterocycles. The van der Waals surface area contributed by atoms with Crippen LogP contribution in [0.1, 0.15) is 16.8 Å². The van der Waals surface area contributed by atoms with E-state index < -0.39 is 0 Å². The molecule has 25 heavy (non-hydrogen) atoms. The van der Waals surface area contributed by atoms with Gasteiger partial charge in [-0.3, -0.25) is 4.79 Å². The Kier molecular flexibility index (Phi) is 5.50. The van der Waals surface area contributed by atoms with E-state index in [2.05, 4.69) is 16.4 Å². The summed E-state index contributed by atoms with van der Waals surface area (Å²) in [6.07, 6.45) is 1.86. The lowest BCUT2D eigenvalue weighted by Crippen LogP contribution is -2.29. The highest BCUT2D eigenvalue weighted by molar-refractivity contribution is 7.13. The molecule has 1 aromatic carbocycles. The van der Waals surface area contributed by atoms with Crippen LogP contribution >= 0.6 is 11.3 Å². The van der Waals surface area contributed by atoms with Crippen molar-refractivity contribution in [3.05, 3.63) is 58.8 Å². The minimum atomic E-state index is -0.0692. The van der Waals surface area contributed by atoms with Crippen LogP contribution in [0.3, 0.4) is 0 Å². The molecule has 0 spiro atoms. The molecule has 0 saturated heterocycles. The summed E-state index contributed by atoms with van der Waals surface area (Å²) in [5, 5.41) is 5.51. The van der Waals surface area contributed by atoms with E-state index in [-0.39, 0.29) is 12.3 Å². The first-order chi connectivity index (χ1) is 12.1. The Labute approximate surface area is 150 Å². The van der Waals surface area contributed by atoms with Crippen LogP contribution in [0, 0.1) is 13.8 Å². The van der Waals surface area contributed by atoms with E-state index in [1.165, 1.54) is 11.3 Å². The standard InChI is InChI=1S/C19H20N2O3S/c1-13-8-14(2)10-16(9-13)23-7-5-20-18(22)11-15-12-25-19(21-15)17-4-3-6-24-17/h3-4,6,8-10,12H,5,7,11H2,1-2H3,(H,20,22). The van der Waals surface area contributed by atoms with E-state index in [9.17, 15) is 4.79 Å². The van der Waals surface area contributed by atoms with Gasteiger partial charge in [0.1, 0.15) is 12.4 Å². The first kappa shape index (κ1) is 17.2. The average Bonchev–Trinajstić information content (AvgIpc) is 3.21. The molecule has 0 aliphatic carbocycles. The zero-order chi connectivity index (χ0) is 17.6. The number of benzene rings is 1. The van der Waals surface area contributed by atoms with Gasteiger partial charge in [-0.15, -0.1) is 11.3 Å². The molecule has 3 rings (SSSR count). The van der Waals surface area contributed by atoms with Gasteiger partial charge in [-0.25, -0.2) is 4.98 Å². The molecular formula is C19H20N2O3S. The molecule has 6 heteroatoms. The number of nitrogens with zero attached hydrogens (tertiary/aromatic N) is 1. The van der Waals surface area contributed by atoms with E-state index in [1.807, 2.05) is 43.5 Å². The van der Waals surface area contributed by atoms with Crippen molar-refractivity contribution in [2.45, 2.75) is 20.3 Å². The first-order valence-electron chi connectivity index (χ1n) is 8.06. The fourth-order valence-electron chi connectivity index (χ4n) is 2.50. The smallest absolute Gasteiger partial charge is 0.226 e. The third-order valence-electron chi connectivity index (χ3n) is 3.51. The second-order valence-electron chi connectivity index (χ2n) is 5.82. The predicted molar refractivity (Wildman–Crippen MR) is 97.9 cm³/mol. The average molecular weight is 356 g/mol. The maximum Gasteiger partial charge on any atom is 0.226 e. The number of amides is 1. The van der Waals surface area contributed by atoms with Gasteiger partial charge in [0, 0.05) is 5.38 Å². The van der Waals surface area contributed by atoms with E-state index in [0.29, 0.717) is 13.2 Å². The molecule has 0 atom stereocenters. The molecule has 0 saturated carbocycles. The summed E-state index contributed by atoms with van der Waals surface area (Å²) in [4.78, 5) is 16.4. The highest BCUT2D eigenvalue weighted by Crippen LogP contribution is 2.24. The summed E-state index contributed by atoms with van der Waals surface area (Å²) >= 11 is 1.47. The van der Waals surface area contributed by atoms with Crippen molar-refractivity contribution in [3.8, 4) is 16.5 Å². The number of ether oxygens (including phenoxy) is 1. The van der Waals surface area contributed by atoms with Crippen molar-refractivity contribution in [1.29, 1.82) is 0 Å². The molecule has 0 bridgehead atoms. The van der Waals surface area contributed by atoms with Crippen molar-refractivity contribution in [2.75, 3.05) is 13.2 Å². The second-order valence-corrected chi connectivity index (χ2v) is 6.68. The molecular weight excluding hydrogens is 336 g/mol. The molecule has 2 heterocycles. The zero-order valence-electron chi connectivity index (χ0n) is 14.2. The van der Waals surface area contributed by atoms with Crippen molar-refractivity contribution < 1.29 is 13.9 Å². The summed E-state index contributed by atoms with van der Waals surface area (Å²) in [6, 6.07) is 9.74. The van der Waals surface area contributed by atoms with E-state index in [0.717, 1.165) is 33.3 Å². The van der Waals surface area contributed by atoms with Crippen molar-refractivity contribution in [2.24, 2.45) is 0 Å². The molecule has 0 unspecified atom stereocenters. The number of nitrogens with one attached hydrogen (secondary N) is 1. The minimum Gasteiger partial charge on any atom is -0.492 e. The molecule has 2 aromatic heterocycles. The number of carbonyl (C=O) groups excluding carboxylic acids is 1. The SMILES string of the molecule is Cc1cc(C)cc(OCCNC(=O)Cc2csc(-c3ccco3)n2)c1. The highest BCUT2D eigenvalue weighted by atomic mass is 32.1. The van der Waals surface area contributed by atoms with Crippen molar-refractivity contribution in [3.63, 3.8) is 0 Å². The molecule has 0 fully saturated rings. The van der Waals surface area contributed by atoms with Crippen LogP contribution in [0.25, 0.3) is 10.8 Å². The van der Waals surface area contributed by atoms with Gasteiger partial charge < -0.3 is 14.5 Å². The number of furan rings is 1. The third-order valence-corrected chi connectivity index (χ3v) is 4.42. The summed E-state index contributed by atoms with van der Waals surface area (Å²) in [7, 11) is 0. The molecule has 1 amide bonds. The largest absolute Gasteiger partial charge is 0.492 e. The number of carbonyl (C=O) groups is 1. The molecule has 5 nitrogen and oxygen atoms in total. The maximum absolute atomic E-state index is 12.0. The minimum absolute atomic E-state index is 0.0692. The Balaban J connectivity index is 1.42. The number of hydrogen-bond donors (Lipinski definition) is 1. The lowest BCUT2D eigenvalue weighted by atomic mass is 10.1. The summed E-state index contributed by atoms with van der Waals surface area (Å²) in [5.74, 6) is 1.48. The lowest BCUT2D eigenvalue weighted by molar-refractivity contribution is -0.120. The fraction of sp³-hybridized carbons (Fsp3) is 0.263. The van der Waals surface area contributed by atoms with Crippen molar-refractivity contribution >= 4 is 17.2 Å². The Morgan fingerprint density at radius 3 is 2.80 bits per heavy atom. The molecule has 1 N–H and O–H groups in total. The normalized spacial score (nSPS) is 10.6. The zero-order valence-corrected chi connectivity index (χ0v) is 15.1. The molecule has 3 aromatic rings. The Hall–Kier alpha value is -2.60. The number of hydrogen-bond acceptors (Lipinski definition) is 5. The monoisotopic (exact) mass is 356 g/mol. The summed E-state index contributed by atoms with van der Waals surface area (Å²) in [5.41, 5.74) is 3.06. The van der Waals surface area contributed by atoms with Crippen LogP contribution in [-0.2, 0) is 11.2 Å². The van der Waals surface area contributed by atoms with Crippen molar-refractivity contribution in [1.82, 2.24) is 10.3 Å². The predicted octanol–water partition coefficient (Wildman–Crippen LogP) is 3.76. The Morgan fingerprint density at radius 2 is 2.08 bits per heavy atom. The second kappa shape index (κ2) is 7.98. The molecule has 0 aliphatic rings. The Morgan fingerprint density at radius 1 is 1.28 bits per heavy atom. The number of aryl methyl sites for hydroxylation is 2. The Bertz CT molecular complexity index is 820. The molecule has 0 radical (unpaired) electrons. The van der Waals surface area contributed by atoms with Crippen LogP contribution in [0.5, 0.6) is 5.75 Å². The van der Waals surface area contributed by atoms with Crippen LogP contribution in [0.2, 0.25) is 0 Å². The highest BCUT2D eigenvalue weighted by Gasteiger charge is 2.10. The number of rotatable bonds is 7. The van der Waals surface area contributed by atoms with Gasteiger partial charge in [-0.1, -0.05) is 6.07 Å². The summed E-state index contributed by atoms with van der Waals surface area (Å²) in [6.45, 7) is 4.96. The van der Waals surface area contributed by atoms with Gasteiger partial charge in [0.25, 0.3) is 0 Å². The lowest BCUT2D eigenvalue weighted by Gasteiger charge is -2.09. The van der Waals surface area contributed by atoms with Gasteiger partial charge >= 0.3 is 0 Å². The fourth-order valence-corrected chi connectivity index (χ4v) is 3.29.